The van der Waals surface area contributed by atoms with Gasteiger partial charge in [-0.1, -0.05) is 0 Å². The summed E-state index contributed by atoms with van der Waals surface area (Å²) < 4.78 is 23.1. The van der Waals surface area contributed by atoms with E-state index in [0.717, 1.165) is 51.6 Å². The van der Waals surface area contributed by atoms with E-state index in [2.05, 4.69) is 48.4 Å². The zero-order valence-corrected chi connectivity index (χ0v) is 27.3. The molecule has 0 aromatic carbocycles. The van der Waals surface area contributed by atoms with Crippen LogP contribution in [0.25, 0.3) is 10.9 Å². The third kappa shape index (κ3) is 4.80. The second kappa shape index (κ2) is 10.4. The quantitative estimate of drug-likeness (QED) is 0.439. The molecule has 1 amide bonds. The Morgan fingerprint density at radius 3 is 2.25 bits per heavy atom. The van der Waals surface area contributed by atoms with Crippen molar-refractivity contribution in [3.05, 3.63) is 12.0 Å². The molecule has 0 saturated carbocycles. The van der Waals surface area contributed by atoms with Crippen molar-refractivity contribution in [1.82, 2.24) is 24.8 Å². The predicted octanol–water partition coefficient (Wildman–Crippen LogP) is 4.32. The van der Waals surface area contributed by atoms with Gasteiger partial charge in [-0.2, -0.15) is 0 Å². The molecule has 2 aromatic heterocycles. The Hall–Kier alpha value is -1.95. The summed E-state index contributed by atoms with van der Waals surface area (Å²) >= 11 is -2.87. The van der Waals surface area contributed by atoms with E-state index < -0.39 is 24.5 Å². The van der Waals surface area contributed by atoms with Crippen LogP contribution in [0.15, 0.2) is 6.20 Å². The van der Waals surface area contributed by atoms with Crippen molar-refractivity contribution in [2.24, 2.45) is 11.8 Å². The summed E-state index contributed by atoms with van der Waals surface area (Å²) in [5.41, 5.74) is 0.255. The zero-order chi connectivity index (χ0) is 28.4. The van der Waals surface area contributed by atoms with Crippen LogP contribution in [-0.2, 0) is 0 Å². The average Bonchev–Trinajstić information content (AvgIpc) is 3.52. The number of fused-ring (bicyclic) bond motifs is 4. The Bertz CT molecular complexity index is 1270. The van der Waals surface area contributed by atoms with Gasteiger partial charge in [-0.3, -0.25) is 0 Å². The molecule has 11 heteroatoms. The van der Waals surface area contributed by atoms with Gasteiger partial charge >= 0.3 is 241 Å². The SMILES string of the molecule is CCC1CN2CC(CC)CC2(COc2nc(N3C[C@H]4CC[C@@H](C3)N4C(=O)O)c3cn[c]([Sn]([CH3])([CH3])[CH3])c(F)c3n2)C1. The van der Waals surface area contributed by atoms with E-state index in [4.69, 9.17) is 9.72 Å². The molecule has 4 saturated heterocycles. The van der Waals surface area contributed by atoms with E-state index in [1.165, 1.54) is 0 Å². The third-order valence-corrected chi connectivity index (χ3v) is 15.0. The number of piperazine rings is 1. The molecule has 4 fully saturated rings. The summed E-state index contributed by atoms with van der Waals surface area (Å²) in [4.78, 5) is 38.8. The fourth-order valence-electron chi connectivity index (χ4n) is 7.82. The van der Waals surface area contributed by atoms with Crippen molar-refractivity contribution < 1.29 is 19.0 Å². The summed E-state index contributed by atoms with van der Waals surface area (Å²) in [5.74, 6) is 1.59. The topological polar surface area (TPSA) is 94.9 Å². The molecule has 0 spiro atoms. The number of carboxylic acid groups (broad SMARTS) is 1. The molecule has 218 valence electrons. The number of ether oxygens (including phenoxy) is 1. The van der Waals surface area contributed by atoms with Gasteiger partial charge in [0.05, 0.1) is 0 Å². The van der Waals surface area contributed by atoms with Gasteiger partial charge in [0.2, 0.25) is 0 Å². The molecule has 2 bridgehead atoms. The predicted molar refractivity (Wildman–Crippen MR) is 156 cm³/mol. The minimum atomic E-state index is -2.87. The van der Waals surface area contributed by atoms with Crippen molar-refractivity contribution in [1.29, 1.82) is 0 Å². The minimum absolute atomic E-state index is 0.0180. The Morgan fingerprint density at radius 1 is 1.07 bits per heavy atom. The number of hydrogen-bond acceptors (Lipinski definition) is 7. The first-order chi connectivity index (χ1) is 19.0. The van der Waals surface area contributed by atoms with Gasteiger partial charge in [-0.15, -0.1) is 0 Å². The van der Waals surface area contributed by atoms with Crippen molar-refractivity contribution in [2.45, 2.75) is 84.8 Å². The van der Waals surface area contributed by atoms with Gasteiger partial charge in [0.1, 0.15) is 0 Å². The molecule has 2 unspecified atom stereocenters. The Kier molecular flexibility index (Phi) is 7.33. The molecule has 4 aliphatic heterocycles. The Labute approximate surface area is 240 Å². The van der Waals surface area contributed by atoms with Crippen LogP contribution in [0.3, 0.4) is 0 Å². The normalized spacial score (nSPS) is 30.4. The van der Waals surface area contributed by atoms with Crippen molar-refractivity contribution in [2.75, 3.05) is 37.7 Å². The number of anilines is 1. The van der Waals surface area contributed by atoms with Crippen LogP contribution in [0.2, 0.25) is 14.8 Å². The standard InChI is InChI=1S/C26H34FN6O3.3CH3.Sn/c1-3-16-7-26(8-17(4-2)12-32(26)11-16)15-36-24-29-22-20(9-28-10-21(22)27)23(30-24)31-13-18-5-6-19(14-31)33(18)25(34)35;;;;/h9,16-19H,3-8,11-15H2,1-2H3,(H,34,35);3*1H3;/t16?,17?,18-,19+,26?;;;;. The van der Waals surface area contributed by atoms with Crippen LogP contribution in [0.4, 0.5) is 15.0 Å². The van der Waals surface area contributed by atoms with E-state index in [9.17, 15) is 9.90 Å². The number of rotatable bonds is 7. The number of amides is 1. The first-order valence-corrected chi connectivity index (χ1v) is 25.0. The Balaban J connectivity index is 1.37. The molecule has 9 nitrogen and oxygen atoms in total. The molecule has 2 aromatic rings. The molecule has 4 aliphatic rings. The summed E-state index contributed by atoms with van der Waals surface area (Å²) in [6.07, 6.45) is 7.06. The van der Waals surface area contributed by atoms with Gasteiger partial charge in [0, 0.05) is 0 Å². The van der Waals surface area contributed by atoms with Crippen LogP contribution < -0.4 is 13.3 Å². The maximum absolute atomic E-state index is 16.1. The van der Waals surface area contributed by atoms with Crippen LogP contribution in [0.5, 0.6) is 6.01 Å². The van der Waals surface area contributed by atoms with E-state index in [-0.39, 0.29) is 35.0 Å². The van der Waals surface area contributed by atoms with Crippen molar-refractivity contribution in [3.8, 4) is 6.01 Å². The number of halogens is 1. The van der Waals surface area contributed by atoms with Crippen molar-refractivity contribution >= 4 is 44.9 Å². The van der Waals surface area contributed by atoms with Gasteiger partial charge < -0.3 is 0 Å². The summed E-state index contributed by atoms with van der Waals surface area (Å²) in [6.45, 7) is 8.29. The number of carbonyl (C=O) groups is 1. The fraction of sp³-hybridized carbons (Fsp3) is 0.724. The van der Waals surface area contributed by atoms with Gasteiger partial charge in [-0.05, 0) is 0 Å². The van der Waals surface area contributed by atoms with Crippen molar-refractivity contribution in [3.63, 3.8) is 0 Å². The molecule has 4 atom stereocenters. The maximum atomic E-state index is 16.1. The van der Waals surface area contributed by atoms with Gasteiger partial charge in [0.25, 0.3) is 0 Å². The summed E-state index contributed by atoms with van der Waals surface area (Å²) in [5, 5.41) is 10.3. The summed E-state index contributed by atoms with van der Waals surface area (Å²) in [7, 11) is 0. The van der Waals surface area contributed by atoms with Gasteiger partial charge in [0.15, 0.2) is 0 Å². The van der Waals surface area contributed by atoms with Crippen LogP contribution in [-0.4, -0.2) is 105 Å². The van der Waals surface area contributed by atoms with Crippen LogP contribution in [0.1, 0.15) is 52.4 Å². The zero-order valence-electron chi connectivity index (χ0n) is 24.5. The third-order valence-electron chi connectivity index (χ3n) is 9.95. The number of hydrogen-bond donors (Lipinski definition) is 1. The molecule has 40 heavy (non-hydrogen) atoms. The molecular formula is C29H43FN6O3Sn. The fourth-order valence-corrected chi connectivity index (χ4v) is 11.3. The summed E-state index contributed by atoms with van der Waals surface area (Å²) in [6, 6.07) is 0.00891. The first-order valence-electron chi connectivity index (χ1n) is 15.0. The van der Waals surface area contributed by atoms with Crippen LogP contribution in [0, 0.1) is 17.7 Å². The molecular weight excluding hydrogens is 618 g/mol. The molecule has 0 aliphatic carbocycles. The average molecular weight is 661 g/mol. The van der Waals surface area contributed by atoms with E-state index in [1.807, 2.05) is 0 Å². The van der Waals surface area contributed by atoms with E-state index in [0.29, 0.717) is 46.4 Å². The van der Waals surface area contributed by atoms with E-state index in [1.54, 1.807) is 11.1 Å². The number of nitrogens with zero attached hydrogens (tertiary/aromatic N) is 6. The number of pyridine rings is 1. The molecule has 6 heterocycles. The monoisotopic (exact) mass is 662 g/mol. The molecule has 0 radical (unpaired) electrons. The second-order valence-electron chi connectivity index (χ2n) is 13.6. The van der Waals surface area contributed by atoms with Gasteiger partial charge in [-0.25, -0.2) is 0 Å². The number of aromatic nitrogens is 3. The van der Waals surface area contributed by atoms with E-state index >= 15 is 4.39 Å². The molecule has 1 N–H and O–H groups in total. The first kappa shape index (κ1) is 28.2. The second-order valence-corrected chi connectivity index (χ2v) is 27.8. The molecule has 6 rings (SSSR count). The van der Waals surface area contributed by atoms with Crippen LogP contribution >= 0.6 is 0 Å². The Morgan fingerprint density at radius 2 is 1.70 bits per heavy atom.